The number of hydrogen-bond donors (Lipinski definition) is 1. The molecule has 2 aromatic rings. The fourth-order valence-electron chi connectivity index (χ4n) is 2.69. The van der Waals surface area contributed by atoms with Crippen LogP contribution in [0.2, 0.25) is 0 Å². The van der Waals surface area contributed by atoms with Gasteiger partial charge in [-0.05, 0) is 44.4 Å². The highest BCUT2D eigenvalue weighted by molar-refractivity contribution is 5.95. The second kappa shape index (κ2) is 4.53. The summed E-state index contributed by atoms with van der Waals surface area (Å²) in [6.45, 7) is 3.94. The summed E-state index contributed by atoms with van der Waals surface area (Å²) in [4.78, 5) is 12.4. The first-order valence-corrected chi connectivity index (χ1v) is 6.56. The van der Waals surface area contributed by atoms with Crippen LogP contribution in [0, 0.1) is 13.8 Å². The third kappa shape index (κ3) is 2.14. The second-order valence-electron chi connectivity index (χ2n) is 5.07. The Hall–Kier alpha value is -2.10. The molecule has 0 bridgehead atoms. The summed E-state index contributed by atoms with van der Waals surface area (Å²) in [6.07, 6.45) is 1.67. The van der Waals surface area contributed by atoms with E-state index in [-0.39, 0.29) is 11.9 Å². The van der Waals surface area contributed by atoms with Crippen LogP contribution in [0.1, 0.15) is 29.4 Å². The Morgan fingerprint density at radius 2 is 2.11 bits per heavy atom. The van der Waals surface area contributed by atoms with Crippen LogP contribution in [0.15, 0.2) is 30.3 Å². The number of anilines is 1. The van der Waals surface area contributed by atoms with Crippen molar-refractivity contribution in [2.24, 2.45) is 0 Å². The van der Waals surface area contributed by atoms with E-state index in [4.69, 9.17) is 0 Å². The van der Waals surface area contributed by atoms with Gasteiger partial charge in [-0.15, -0.1) is 0 Å². The summed E-state index contributed by atoms with van der Waals surface area (Å²) in [5.41, 5.74) is 4.10. The van der Waals surface area contributed by atoms with Crippen LogP contribution in [0.5, 0.6) is 0 Å². The molecule has 0 saturated carbocycles. The Labute approximate surface area is 112 Å². The molecule has 1 N–H and O–H groups in total. The van der Waals surface area contributed by atoms with Crippen LogP contribution in [-0.4, -0.2) is 15.7 Å². The van der Waals surface area contributed by atoms with Gasteiger partial charge in [-0.3, -0.25) is 9.48 Å². The number of benzene rings is 1. The van der Waals surface area contributed by atoms with Crippen molar-refractivity contribution in [3.63, 3.8) is 0 Å². The summed E-state index contributed by atoms with van der Waals surface area (Å²) < 4.78 is 1.84. The Balaban J connectivity index is 1.95. The molecule has 0 radical (unpaired) electrons. The van der Waals surface area contributed by atoms with E-state index in [1.165, 1.54) is 5.56 Å². The van der Waals surface area contributed by atoms with Crippen molar-refractivity contribution in [1.82, 2.24) is 9.78 Å². The van der Waals surface area contributed by atoms with E-state index >= 15 is 0 Å². The van der Waals surface area contributed by atoms with Gasteiger partial charge in [0.05, 0.1) is 5.69 Å². The number of nitrogens with one attached hydrogen (secondary N) is 1. The van der Waals surface area contributed by atoms with E-state index in [0.717, 1.165) is 29.9 Å². The zero-order valence-electron chi connectivity index (χ0n) is 11.2. The molecule has 1 aliphatic rings. The number of carbonyl (C=O) groups excluding carboxylic acids is 1. The van der Waals surface area contributed by atoms with Crippen molar-refractivity contribution in [3.05, 3.63) is 47.3 Å². The van der Waals surface area contributed by atoms with Crippen LogP contribution < -0.4 is 5.32 Å². The average molecular weight is 255 g/mol. The number of nitrogens with zero attached hydrogens (tertiary/aromatic N) is 2. The maximum absolute atomic E-state index is 12.4. The maximum atomic E-state index is 12.4. The van der Waals surface area contributed by atoms with Gasteiger partial charge < -0.3 is 5.32 Å². The van der Waals surface area contributed by atoms with E-state index in [1.807, 2.05) is 42.8 Å². The number of hydrogen-bond acceptors (Lipinski definition) is 2. The zero-order chi connectivity index (χ0) is 13.4. The van der Waals surface area contributed by atoms with Gasteiger partial charge >= 0.3 is 0 Å². The molecule has 0 aliphatic carbocycles. The minimum absolute atomic E-state index is 0.0242. The standard InChI is InChI=1S/C15H17N3O/c1-10-9-11(2)18(17-10)14-8-7-12-5-3-4-6-13(12)16-15(14)19/h3-6,9,14H,7-8H2,1-2H3,(H,16,19). The first-order valence-electron chi connectivity index (χ1n) is 6.56. The van der Waals surface area contributed by atoms with Crippen LogP contribution in [0.25, 0.3) is 0 Å². The Kier molecular flexibility index (Phi) is 2.85. The molecule has 1 atom stereocenters. The highest BCUT2D eigenvalue weighted by atomic mass is 16.2. The summed E-state index contributed by atoms with van der Waals surface area (Å²) in [5, 5.41) is 7.45. The summed E-state index contributed by atoms with van der Waals surface area (Å²) in [6, 6.07) is 9.76. The van der Waals surface area contributed by atoms with E-state index in [2.05, 4.69) is 16.5 Å². The Morgan fingerprint density at radius 3 is 2.84 bits per heavy atom. The van der Waals surface area contributed by atoms with Gasteiger partial charge in [0.1, 0.15) is 6.04 Å². The second-order valence-corrected chi connectivity index (χ2v) is 5.07. The number of aromatic nitrogens is 2. The molecule has 98 valence electrons. The topological polar surface area (TPSA) is 46.9 Å². The lowest BCUT2D eigenvalue weighted by Gasteiger charge is -2.15. The van der Waals surface area contributed by atoms with Crippen molar-refractivity contribution < 1.29 is 4.79 Å². The third-order valence-corrected chi connectivity index (χ3v) is 3.60. The van der Waals surface area contributed by atoms with Gasteiger partial charge in [-0.2, -0.15) is 5.10 Å². The summed E-state index contributed by atoms with van der Waals surface area (Å²) in [5.74, 6) is 0.0242. The Morgan fingerprint density at radius 1 is 1.32 bits per heavy atom. The molecular weight excluding hydrogens is 238 g/mol. The van der Waals surface area contributed by atoms with E-state index in [0.29, 0.717) is 0 Å². The zero-order valence-corrected chi connectivity index (χ0v) is 11.2. The Bertz CT molecular complexity index is 630. The quantitative estimate of drug-likeness (QED) is 0.851. The number of para-hydroxylation sites is 1. The molecule has 4 nitrogen and oxygen atoms in total. The molecule has 3 rings (SSSR count). The molecule has 2 heterocycles. The molecule has 1 aromatic heterocycles. The van der Waals surface area contributed by atoms with Crippen molar-refractivity contribution in [2.45, 2.75) is 32.7 Å². The normalized spacial score (nSPS) is 18.6. The molecule has 1 amide bonds. The summed E-state index contributed by atoms with van der Waals surface area (Å²) >= 11 is 0. The van der Waals surface area contributed by atoms with Gasteiger partial charge in [0, 0.05) is 11.4 Å². The lowest BCUT2D eigenvalue weighted by atomic mass is 10.1. The number of amides is 1. The van der Waals surface area contributed by atoms with Crippen molar-refractivity contribution in [2.75, 3.05) is 5.32 Å². The molecule has 4 heteroatoms. The van der Waals surface area contributed by atoms with Crippen LogP contribution in [0.4, 0.5) is 5.69 Å². The predicted octanol–water partition coefficient (Wildman–Crippen LogP) is 2.63. The molecular formula is C15H17N3O. The highest BCUT2D eigenvalue weighted by Gasteiger charge is 2.26. The molecule has 1 aromatic carbocycles. The lowest BCUT2D eigenvalue weighted by molar-refractivity contribution is -0.119. The third-order valence-electron chi connectivity index (χ3n) is 3.60. The minimum Gasteiger partial charge on any atom is -0.324 e. The van der Waals surface area contributed by atoms with Gasteiger partial charge in [0.25, 0.3) is 0 Å². The van der Waals surface area contributed by atoms with Gasteiger partial charge in [0.15, 0.2) is 0 Å². The molecule has 0 saturated heterocycles. The number of fused-ring (bicyclic) bond motifs is 1. The SMILES string of the molecule is Cc1cc(C)n(C2CCc3ccccc3NC2=O)n1. The lowest BCUT2D eigenvalue weighted by Crippen LogP contribution is -2.26. The van der Waals surface area contributed by atoms with E-state index in [9.17, 15) is 4.79 Å². The number of rotatable bonds is 1. The van der Waals surface area contributed by atoms with E-state index < -0.39 is 0 Å². The van der Waals surface area contributed by atoms with Gasteiger partial charge in [-0.1, -0.05) is 18.2 Å². The minimum atomic E-state index is -0.221. The van der Waals surface area contributed by atoms with Crippen molar-refractivity contribution in [1.29, 1.82) is 0 Å². The van der Waals surface area contributed by atoms with Crippen LogP contribution in [0.3, 0.4) is 0 Å². The predicted molar refractivity (Wildman–Crippen MR) is 74.1 cm³/mol. The molecule has 19 heavy (non-hydrogen) atoms. The fraction of sp³-hybridized carbons (Fsp3) is 0.333. The fourth-order valence-corrected chi connectivity index (χ4v) is 2.69. The first-order chi connectivity index (χ1) is 9.15. The molecule has 0 fully saturated rings. The average Bonchev–Trinajstić information content (AvgIpc) is 2.62. The number of aryl methyl sites for hydroxylation is 3. The van der Waals surface area contributed by atoms with Gasteiger partial charge in [-0.25, -0.2) is 0 Å². The van der Waals surface area contributed by atoms with Crippen LogP contribution >= 0.6 is 0 Å². The highest BCUT2D eigenvalue weighted by Crippen LogP contribution is 2.27. The monoisotopic (exact) mass is 255 g/mol. The van der Waals surface area contributed by atoms with Crippen LogP contribution in [-0.2, 0) is 11.2 Å². The largest absolute Gasteiger partial charge is 0.324 e. The van der Waals surface area contributed by atoms with Gasteiger partial charge in [0.2, 0.25) is 5.91 Å². The smallest absolute Gasteiger partial charge is 0.249 e. The molecule has 1 unspecified atom stereocenters. The van der Waals surface area contributed by atoms with Crippen molar-refractivity contribution in [3.8, 4) is 0 Å². The molecule has 1 aliphatic heterocycles. The summed E-state index contributed by atoms with van der Waals surface area (Å²) in [7, 11) is 0. The van der Waals surface area contributed by atoms with Crippen molar-refractivity contribution >= 4 is 11.6 Å². The van der Waals surface area contributed by atoms with E-state index in [1.54, 1.807) is 0 Å². The first kappa shape index (κ1) is 12.0. The maximum Gasteiger partial charge on any atom is 0.249 e. The molecule has 0 spiro atoms. The number of carbonyl (C=O) groups is 1.